The third-order valence-electron chi connectivity index (χ3n) is 3.12. The molecular weight excluding hydrogens is 274 g/mol. The van der Waals surface area contributed by atoms with Crippen LogP contribution in [0, 0.1) is 11.6 Å². The van der Waals surface area contributed by atoms with Crippen LogP contribution in [-0.2, 0) is 6.42 Å². The molecule has 3 N–H and O–H groups in total. The van der Waals surface area contributed by atoms with Gasteiger partial charge in [-0.2, -0.15) is 0 Å². The number of nitrogens with two attached hydrogens (primary N) is 1. The van der Waals surface area contributed by atoms with Gasteiger partial charge in [-0.05, 0) is 24.1 Å². The summed E-state index contributed by atoms with van der Waals surface area (Å²) < 4.78 is 26.4. The summed E-state index contributed by atoms with van der Waals surface area (Å²) in [6.07, 6.45) is 0.548. The number of carbonyl (C=O) groups excluding carboxylic acids is 1. The monoisotopic (exact) mass is 290 g/mol. The van der Waals surface area contributed by atoms with Crippen LogP contribution in [-0.4, -0.2) is 18.5 Å². The summed E-state index contributed by atoms with van der Waals surface area (Å²) in [6.45, 7) is 0.226. The maximum absolute atomic E-state index is 13.6. The molecule has 1 unspecified atom stereocenters. The Labute approximate surface area is 121 Å². The van der Waals surface area contributed by atoms with Crippen molar-refractivity contribution >= 4 is 5.91 Å². The van der Waals surface area contributed by atoms with E-state index in [0.29, 0.717) is 12.5 Å². The molecule has 1 amide bonds. The second-order valence-electron chi connectivity index (χ2n) is 4.72. The van der Waals surface area contributed by atoms with Crippen LogP contribution in [0.5, 0.6) is 0 Å². The molecule has 2 rings (SSSR count). The summed E-state index contributed by atoms with van der Waals surface area (Å²) in [5.41, 5.74) is 6.47. The SMILES string of the molecule is NCC(Cc1ccccc1)NC(=O)c1ccc(F)cc1F. The number of rotatable bonds is 5. The molecule has 0 radical (unpaired) electrons. The number of hydrogen-bond acceptors (Lipinski definition) is 2. The van der Waals surface area contributed by atoms with Gasteiger partial charge < -0.3 is 11.1 Å². The van der Waals surface area contributed by atoms with Crippen LogP contribution >= 0.6 is 0 Å². The molecule has 110 valence electrons. The smallest absolute Gasteiger partial charge is 0.254 e. The van der Waals surface area contributed by atoms with Crippen LogP contribution in [0.25, 0.3) is 0 Å². The molecule has 21 heavy (non-hydrogen) atoms. The topological polar surface area (TPSA) is 55.1 Å². The van der Waals surface area contributed by atoms with Crippen LogP contribution in [0.15, 0.2) is 48.5 Å². The molecule has 5 heteroatoms. The van der Waals surface area contributed by atoms with Crippen LogP contribution in [0.2, 0.25) is 0 Å². The van der Waals surface area contributed by atoms with Gasteiger partial charge in [-0.25, -0.2) is 8.78 Å². The maximum Gasteiger partial charge on any atom is 0.254 e. The molecular formula is C16H16F2N2O. The molecule has 0 spiro atoms. The number of amides is 1. The first-order valence-corrected chi connectivity index (χ1v) is 6.60. The third-order valence-corrected chi connectivity index (χ3v) is 3.12. The lowest BCUT2D eigenvalue weighted by Crippen LogP contribution is -2.42. The fourth-order valence-electron chi connectivity index (χ4n) is 2.03. The molecule has 0 aliphatic rings. The molecule has 0 bridgehead atoms. The molecule has 3 nitrogen and oxygen atoms in total. The fourth-order valence-corrected chi connectivity index (χ4v) is 2.03. The number of carbonyl (C=O) groups is 1. The van der Waals surface area contributed by atoms with E-state index in [2.05, 4.69) is 5.32 Å². The van der Waals surface area contributed by atoms with Crippen molar-refractivity contribution in [2.45, 2.75) is 12.5 Å². The normalized spacial score (nSPS) is 12.0. The van der Waals surface area contributed by atoms with Crippen molar-refractivity contribution in [2.24, 2.45) is 5.73 Å². The molecule has 0 saturated carbocycles. The first-order valence-electron chi connectivity index (χ1n) is 6.60. The molecule has 2 aromatic carbocycles. The van der Waals surface area contributed by atoms with E-state index >= 15 is 0 Å². The average Bonchev–Trinajstić information content (AvgIpc) is 2.47. The van der Waals surface area contributed by atoms with E-state index in [9.17, 15) is 13.6 Å². The lowest BCUT2D eigenvalue weighted by atomic mass is 10.1. The Morgan fingerprint density at radius 2 is 1.86 bits per heavy atom. The second kappa shape index (κ2) is 6.95. The standard InChI is InChI=1S/C16H16F2N2O/c17-12-6-7-14(15(18)9-12)16(21)20-13(10-19)8-11-4-2-1-3-5-11/h1-7,9,13H,8,10,19H2,(H,20,21). The van der Waals surface area contributed by atoms with E-state index < -0.39 is 17.5 Å². The number of nitrogens with one attached hydrogen (secondary N) is 1. The van der Waals surface area contributed by atoms with Gasteiger partial charge in [0.15, 0.2) is 0 Å². The highest BCUT2D eigenvalue weighted by molar-refractivity contribution is 5.94. The zero-order chi connectivity index (χ0) is 15.2. The first-order chi connectivity index (χ1) is 10.1. The van der Waals surface area contributed by atoms with Gasteiger partial charge in [-0.3, -0.25) is 4.79 Å². The molecule has 0 aromatic heterocycles. The second-order valence-corrected chi connectivity index (χ2v) is 4.72. The third kappa shape index (κ3) is 4.10. The minimum atomic E-state index is -0.886. The van der Waals surface area contributed by atoms with Gasteiger partial charge in [0.25, 0.3) is 5.91 Å². The lowest BCUT2D eigenvalue weighted by molar-refractivity contribution is 0.0934. The average molecular weight is 290 g/mol. The Balaban J connectivity index is 2.06. The van der Waals surface area contributed by atoms with E-state index in [0.717, 1.165) is 17.7 Å². The van der Waals surface area contributed by atoms with E-state index in [1.165, 1.54) is 0 Å². The predicted octanol–water partition coefficient (Wildman–Crippen LogP) is 2.26. The van der Waals surface area contributed by atoms with Crippen LogP contribution in [0.3, 0.4) is 0 Å². The number of benzene rings is 2. The fraction of sp³-hybridized carbons (Fsp3) is 0.188. The number of hydrogen-bond donors (Lipinski definition) is 2. The van der Waals surface area contributed by atoms with Crippen molar-refractivity contribution in [3.8, 4) is 0 Å². The molecule has 0 aliphatic carbocycles. The molecule has 2 aromatic rings. The summed E-state index contributed by atoms with van der Waals surface area (Å²) >= 11 is 0. The minimum Gasteiger partial charge on any atom is -0.348 e. The summed E-state index contributed by atoms with van der Waals surface area (Å²) in [6, 6.07) is 12.1. The molecule has 0 saturated heterocycles. The Morgan fingerprint density at radius 3 is 2.48 bits per heavy atom. The van der Waals surface area contributed by atoms with Crippen LogP contribution < -0.4 is 11.1 Å². The van der Waals surface area contributed by atoms with Gasteiger partial charge >= 0.3 is 0 Å². The van der Waals surface area contributed by atoms with Crippen molar-refractivity contribution in [1.82, 2.24) is 5.32 Å². The Morgan fingerprint density at radius 1 is 1.14 bits per heavy atom. The highest BCUT2D eigenvalue weighted by Gasteiger charge is 2.16. The zero-order valence-corrected chi connectivity index (χ0v) is 11.4. The van der Waals surface area contributed by atoms with Crippen molar-refractivity contribution in [3.05, 3.63) is 71.3 Å². The summed E-state index contributed by atoms with van der Waals surface area (Å²) in [5, 5.41) is 2.67. The highest BCUT2D eigenvalue weighted by atomic mass is 19.1. The first kappa shape index (κ1) is 15.1. The van der Waals surface area contributed by atoms with Gasteiger partial charge in [0.05, 0.1) is 5.56 Å². The van der Waals surface area contributed by atoms with Gasteiger partial charge in [0.2, 0.25) is 0 Å². The molecule has 0 aliphatic heterocycles. The quantitative estimate of drug-likeness (QED) is 0.887. The maximum atomic E-state index is 13.6. The van der Waals surface area contributed by atoms with Crippen molar-refractivity contribution < 1.29 is 13.6 Å². The Kier molecular flexibility index (Phi) is 5.00. The van der Waals surface area contributed by atoms with Gasteiger partial charge in [-0.1, -0.05) is 30.3 Å². The Hall–Kier alpha value is -2.27. The van der Waals surface area contributed by atoms with Gasteiger partial charge in [0, 0.05) is 18.7 Å². The zero-order valence-electron chi connectivity index (χ0n) is 11.4. The van der Waals surface area contributed by atoms with Crippen molar-refractivity contribution in [2.75, 3.05) is 6.54 Å². The molecule has 0 heterocycles. The lowest BCUT2D eigenvalue weighted by Gasteiger charge is -2.17. The van der Waals surface area contributed by atoms with E-state index in [4.69, 9.17) is 5.73 Å². The molecule has 0 fully saturated rings. The van der Waals surface area contributed by atoms with Crippen LogP contribution in [0.4, 0.5) is 8.78 Å². The number of halogens is 2. The Bertz CT molecular complexity index is 617. The highest BCUT2D eigenvalue weighted by Crippen LogP contribution is 2.10. The van der Waals surface area contributed by atoms with E-state index in [-0.39, 0.29) is 18.2 Å². The summed E-state index contributed by atoms with van der Waals surface area (Å²) in [7, 11) is 0. The summed E-state index contributed by atoms with van der Waals surface area (Å²) in [5.74, 6) is -2.20. The van der Waals surface area contributed by atoms with Crippen molar-refractivity contribution in [1.29, 1.82) is 0 Å². The summed E-state index contributed by atoms with van der Waals surface area (Å²) in [4.78, 5) is 12.0. The van der Waals surface area contributed by atoms with Gasteiger partial charge in [-0.15, -0.1) is 0 Å². The van der Waals surface area contributed by atoms with Crippen molar-refractivity contribution in [3.63, 3.8) is 0 Å². The van der Waals surface area contributed by atoms with Gasteiger partial charge in [0.1, 0.15) is 11.6 Å². The van der Waals surface area contributed by atoms with E-state index in [1.807, 2.05) is 30.3 Å². The van der Waals surface area contributed by atoms with Crippen LogP contribution in [0.1, 0.15) is 15.9 Å². The predicted molar refractivity (Wildman–Crippen MR) is 76.8 cm³/mol. The van der Waals surface area contributed by atoms with E-state index in [1.54, 1.807) is 0 Å². The molecule has 1 atom stereocenters. The minimum absolute atomic E-state index is 0.192. The largest absolute Gasteiger partial charge is 0.348 e.